The molecule has 0 aliphatic rings. The van der Waals surface area contributed by atoms with Crippen LogP contribution in [0.5, 0.6) is 0 Å². The van der Waals surface area contributed by atoms with E-state index < -0.39 is 12.7 Å². The predicted octanol–water partition coefficient (Wildman–Crippen LogP) is 2.45. The zero-order valence-electron chi connectivity index (χ0n) is 9.30. The van der Waals surface area contributed by atoms with Crippen LogP contribution in [0, 0.1) is 6.92 Å². The number of aryl methyl sites for hydroxylation is 1. The lowest BCUT2D eigenvalue weighted by molar-refractivity contribution is -0.119. The predicted molar refractivity (Wildman–Crippen MR) is 58.4 cm³/mol. The van der Waals surface area contributed by atoms with Crippen molar-refractivity contribution in [3.8, 4) is 0 Å². The van der Waals surface area contributed by atoms with E-state index in [1.165, 1.54) is 11.9 Å². The van der Waals surface area contributed by atoms with Gasteiger partial charge in [-0.05, 0) is 24.1 Å². The third kappa shape index (κ3) is 3.41. The van der Waals surface area contributed by atoms with Crippen molar-refractivity contribution in [3.05, 3.63) is 29.3 Å². The number of benzene rings is 1. The number of hydrogen-bond donors (Lipinski definition) is 1. The molecule has 0 atom stereocenters. The van der Waals surface area contributed by atoms with Crippen molar-refractivity contribution in [1.82, 2.24) is 0 Å². The fourth-order valence-electron chi connectivity index (χ4n) is 1.56. The van der Waals surface area contributed by atoms with E-state index in [1.807, 2.05) is 13.0 Å². The van der Waals surface area contributed by atoms with Crippen LogP contribution in [0.15, 0.2) is 18.2 Å². The van der Waals surface area contributed by atoms with Crippen LogP contribution >= 0.6 is 0 Å². The van der Waals surface area contributed by atoms with E-state index in [4.69, 9.17) is 5.73 Å². The average molecular weight is 232 g/mol. The molecule has 5 heteroatoms. The summed E-state index contributed by atoms with van der Waals surface area (Å²) >= 11 is 0. The molecule has 0 radical (unpaired) electrons. The normalized spacial score (nSPS) is 11.6. The molecule has 1 rings (SSSR count). The fraction of sp³-hybridized carbons (Fsp3) is 0.455. The molecular formula is C11H15F3N2. The molecule has 0 aromatic heterocycles. The SMILES string of the molecule is Cc1ccc(CN)c(N(C)CC(F)(F)F)c1. The minimum absolute atomic E-state index is 0.234. The highest BCUT2D eigenvalue weighted by Crippen LogP contribution is 2.24. The number of alkyl halides is 3. The lowest BCUT2D eigenvalue weighted by Crippen LogP contribution is -2.31. The molecule has 2 nitrogen and oxygen atoms in total. The summed E-state index contributed by atoms with van der Waals surface area (Å²) in [5.41, 5.74) is 7.67. The van der Waals surface area contributed by atoms with Crippen molar-refractivity contribution in [1.29, 1.82) is 0 Å². The first kappa shape index (κ1) is 12.8. The van der Waals surface area contributed by atoms with Crippen LogP contribution in [0.2, 0.25) is 0 Å². The summed E-state index contributed by atoms with van der Waals surface area (Å²) in [6.07, 6.45) is -4.20. The van der Waals surface area contributed by atoms with Crippen LogP contribution in [0.1, 0.15) is 11.1 Å². The highest BCUT2D eigenvalue weighted by atomic mass is 19.4. The van der Waals surface area contributed by atoms with Gasteiger partial charge in [-0.15, -0.1) is 0 Å². The number of nitrogens with zero attached hydrogens (tertiary/aromatic N) is 1. The van der Waals surface area contributed by atoms with Gasteiger partial charge in [0.25, 0.3) is 0 Å². The highest BCUT2D eigenvalue weighted by molar-refractivity contribution is 5.55. The Hall–Kier alpha value is -1.23. The molecule has 0 saturated carbocycles. The maximum absolute atomic E-state index is 12.3. The molecule has 0 bridgehead atoms. The number of hydrogen-bond acceptors (Lipinski definition) is 2. The zero-order valence-corrected chi connectivity index (χ0v) is 9.30. The second kappa shape index (κ2) is 4.74. The van der Waals surface area contributed by atoms with E-state index in [9.17, 15) is 13.2 Å². The van der Waals surface area contributed by atoms with Gasteiger partial charge in [-0.25, -0.2) is 0 Å². The van der Waals surface area contributed by atoms with Gasteiger partial charge in [0.2, 0.25) is 0 Å². The second-order valence-corrected chi connectivity index (χ2v) is 3.81. The lowest BCUT2D eigenvalue weighted by Gasteiger charge is -2.23. The summed E-state index contributed by atoms with van der Waals surface area (Å²) in [7, 11) is 1.42. The van der Waals surface area contributed by atoms with Crippen molar-refractivity contribution in [3.63, 3.8) is 0 Å². The van der Waals surface area contributed by atoms with Gasteiger partial charge in [0, 0.05) is 19.3 Å². The third-order valence-electron chi connectivity index (χ3n) is 2.29. The van der Waals surface area contributed by atoms with Crippen molar-refractivity contribution < 1.29 is 13.2 Å². The average Bonchev–Trinajstić information content (AvgIpc) is 2.15. The maximum Gasteiger partial charge on any atom is 0.405 e. The van der Waals surface area contributed by atoms with E-state index in [0.29, 0.717) is 5.69 Å². The second-order valence-electron chi connectivity index (χ2n) is 3.81. The van der Waals surface area contributed by atoms with Gasteiger partial charge in [0.05, 0.1) is 0 Å². The summed E-state index contributed by atoms with van der Waals surface area (Å²) < 4.78 is 36.8. The van der Waals surface area contributed by atoms with E-state index >= 15 is 0 Å². The summed E-state index contributed by atoms with van der Waals surface area (Å²) in [5.74, 6) is 0. The highest BCUT2D eigenvalue weighted by Gasteiger charge is 2.29. The van der Waals surface area contributed by atoms with Crippen molar-refractivity contribution in [2.45, 2.75) is 19.6 Å². The Balaban J connectivity index is 2.97. The molecule has 90 valence electrons. The largest absolute Gasteiger partial charge is 0.405 e. The number of anilines is 1. The minimum Gasteiger partial charge on any atom is -0.365 e. The molecule has 0 saturated heterocycles. The maximum atomic E-state index is 12.3. The van der Waals surface area contributed by atoms with Gasteiger partial charge >= 0.3 is 6.18 Å². The standard InChI is InChI=1S/C11H15F3N2/c1-8-3-4-9(6-15)10(5-8)16(2)7-11(12,13)14/h3-5H,6-7,15H2,1-2H3. The van der Waals surface area contributed by atoms with Crippen LogP contribution < -0.4 is 10.6 Å². The Labute approximate surface area is 92.9 Å². The number of nitrogens with two attached hydrogens (primary N) is 1. The van der Waals surface area contributed by atoms with Crippen LogP contribution in [0.4, 0.5) is 18.9 Å². The molecule has 0 amide bonds. The molecule has 2 N–H and O–H groups in total. The third-order valence-corrected chi connectivity index (χ3v) is 2.29. The zero-order chi connectivity index (χ0) is 12.3. The Kier molecular flexibility index (Phi) is 3.80. The monoisotopic (exact) mass is 232 g/mol. The fourth-order valence-corrected chi connectivity index (χ4v) is 1.56. The van der Waals surface area contributed by atoms with Gasteiger partial charge < -0.3 is 10.6 Å². The van der Waals surface area contributed by atoms with Crippen molar-refractivity contribution >= 4 is 5.69 Å². The lowest BCUT2D eigenvalue weighted by atomic mass is 10.1. The molecule has 0 fully saturated rings. The summed E-state index contributed by atoms with van der Waals surface area (Å²) in [6, 6.07) is 5.32. The number of halogens is 3. The first-order valence-electron chi connectivity index (χ1n) is 4.91. The topological polar surface area (TPSA) is 29.3 Å². The van der Waals surface area contributed by atoms with E-state index in [-0.39, 0.29) is 6.54 Å². The first-order chi connectivity index (χ1) is 7.33. The smallest absolute Gasteiger partial charge is 0.365 e. The molecule has 1 aromatic carbocycles. The van der Waals surface area contributed by atoms with Gasteiger partial charge in [-0.2, -0.15) is 13.2 Å². The van der Waals surface area contributed by atoms with Gasteiger partial charge in [-0.1, -0.05) is 12.1 Å². The summed E-state index contributed by atoms with van der Waals surface area (Å²) in [6.45, 7) is 1.10. The Morgan fingerprint density at radius 3 is 2.44 bits per heavy atom. The van der Waals surface area contributed by atoms with Crippen molar-refractivity contribution in [2.75, 3.05) is 18.5 Å². The molecule has 0 spiro atoms. The van der Waals surface area contributed by atoms with Gasteiger partial charge in [0.15, 0.2) is 0 Å². The first-order valence-corrected chi connectivity index (χ1v) is 4.91. The molecule has 0 heterocycles. The molecule has 0 aliphatic heterocycles. The van der Waals surface area contributed by atoms with Crippen LogP contribution in [0.25, 0.3) is 0 Å². The molecular weight excluding hydrogens is 217 g/mol. The Morgan fingerprint density at radius 2 is 1.94 bits per heavy atom. The molecule has 1 aromatic rings. The summed E-state index contributed by atoms with van der Waals surface area (Å²) in [5, 5.41) is 0. The number of rotatable bonds is 3. The van der Waals surface area contributed by atoms with E-state index in [1.54, 1.807) is 12.1 Å². The molecule has 0 unspecified atom stereocenters. The Morgan fingerprint density at radius 1 is 1.31 bits per heavy atom. The van der Waals surface area contributed by atoms with Crippen LogP contribution in [-0.4, -0.2) is 19.8 Å². The van der Waals surface area contributed by atoms with E-state index in [2.05, 4.69) is 0 Å². The van der Waals surface area contributed by atoms with Gasteiger partial charge in [-0.3, -0.25) is 0 Å². The van der Waals surface area contributed by atoms with E-state index in [0.717, 1.165) is 11.1 Å². The van der Waals surface area contributed by atoms with Crippen molar-refractivity contribution in [2.24, 2.45) is 5.73 Å². The molecule has 16 heavy (non-hydrogen) atoms. The van der Waals surface area contributed by atoms with Gasteiger partial charge in [0.1, 0.15) is 6.54 Å². The minimum atomic E-state index is -4.20. The Bertz CT molecular complexity index is 361. The quantitative estimate of drug-likeness (QED) is 0.867. The van der Waals surface area contributed by atoms with Crippen LogP contribution in [-0.2, 0) is 6.54 Å². The van der Waals surface area contributed by atoms with Crippen LogP contribution in [0.3, 0.4) is 0 Å². The molecule has 0 aliphatic carbocycles. The summed E-state index contributed by atoms with van der Waals surface area (Å²) in [4.78, 5) is 1.18.